The zero-order valence-corrected chi connectivity index (χ0v) is 36.2. The Hall–Kier alpha value is -4.77. The number of rotatable bonds is 3. The van der Waals surface area contributed by atoms with E-state index in [0.29, 0.717) is 46.6 Å². The Kier molecular flexibility index (Phi) is 19.1. The van der Waals surface area contributed by atoms with E-state index >= 15 is 0 Å². The molecule has 2 aliphatic rings. The fraction of sp³-hybridized carbons (Fsp3) is 0.211. The number of pyridine rings is 2. The van der Waals surface area contributed by atoms with Crippen molar-refractivity contribution in [3.63, 3.8) is 0 Å². The van der Waals surface area contributed by atoms with Gasteiger partial charge in [-0.05, 0) is 52.3 Å². The number of nitrogen functional groups attached to an aromatic ring is 2. The van der Waals surface area contributed by atoms with Crippen molar-refractivity contribution in [1.82, 2.24) is 19.8 Å². The van der Waals surface area contributed by atoms with Gasteiger partial charge >= 0.3 is 58.9 Å². The van der Waals surface area contributed by atoms with Crippen LogP contribution in [0, 0.1) is 29.7 Å². The third-order valence-electron chi connectivity index (χ3n) is 8.00. The monoisotopic (exact) mass is 886 g/mol. The van der Waals surface area contributed by atoms with E-state index < -0.39 is 36.5 Å². The Bertz CT molecular complexity index is 2260. The van der Waals surface area contributed by atoms with Gasteiger partial charge in [-0.25, -0.2) is 9.97 Å². The molecule has 0 unspecified atom stereocenters. The van der Waals surface area contributed by atoms with Gasteiger partial charge in [0.25, 0.3) is 23.6 Å². The Balaban J connectivity index is 0.000000309. The van der Waals surface area contributed by atoms with E-state index in [2.05, 4.69) is 55.6 Å². The van der Waals surface area contributed by atoms with Crippen LogP contribution < -0.4 is 74.3 Å². The van der Waals surface area contributed by atoms with Crippen LogP contribution in [0.3, 0.4) is 0 Å². The van der Waals surface area contributed by atoms with Gasteiger partial charge < -0.3 is 42.9 Å². The molecule has 0 saturated carbocycles. The summed E-state index contributed by atoms with van der Waals surface area (Å²) in [6.07, 6.45) is 0.641. The van der Waals surface area contributed by atoms with Crippen LogP contribution in [0.2, 0.25) is 0 Å². The molecule has 6 rings (SSSR count). The van der Waals surface area contributed by atoms with Crippen molar-refractivity contribution in [1.29, 1.82) is 0 Å². The maximum atomic E-state index is 12.0. The fourth-order valence-corrected chi connectivity index (χ4v) is 5.30. The zero-order valence-electron chi connectivity index (χ0n) is 31.5. The molecule has 2 saturated heterocycles. The SMILES string of the molecule is CN1CC[C@@](O)(C#Cc2c[c-]ccc2)C1=O.CN1CC[C@@](O)(C#Cc2cccc(-c3ccc(N)c(C(N)=O)n3)c2)C1=O.FB(F)F.NC(=O)c1nc(Br)ccc1N.[K+]. The van der Waals surface area contributed by atoms with E-state index in [1.165, 1.54) is 9.80 Å². The fourth-order valence-electron chi connectivity index (χ4n) is 4.99. The largest absolute Gasteiger partial charge is 1.00 e. The Morgan fingerprint density at radius 1 is 0.810 bits per heavy atom. The second-order valence-corrected chi connectivity index (χ2v) is 13.0. The number of anilines is 2. The Labute approximate surface area is 383 Å². The zero-order chi connectivity index (χ0) is 42.5. The molecule has 20 heteroatoms. The van der Waals surface area contributed by atoms with Crippen molar-refractivity contribution in [3.05, 3.63) is 106 Å². The summed E-state index contributed by atoms with van der Waals surface area (Å²) in [5.41, 5.74) is 21.4. The molecule has 0 aliphatic carbocycles. The normalized spacial score (nSPS) is 17.5. The number of likely N-dealkylation sites (N-methyl/N-ethyl adjacent to an activating group) is 2. The minimum atomic E-state index is -3.67. The predicted octanol–water partition coefficient (Wildman–Crippen LogP) is -0.785. The van der Waals surface area contributed by atoms with E-state index in [4.69, 9.17) is 22.9 Å². The van der Waals surface area contributed by atoms with Gasteiger partial charge in [-0.1, -0.05) is 35.5 Å². The number of amides is 4. The van der Waals surface area contributed by atoms with Crippen LogP contribution in [0.1, 0.15) is 44.9 Å². The summed E-state index contributed by atoms with van der Waals surface area (Å²) in [6, 6.07) is 23.6. The van der Waals surface area contributed by atoms with E-state index in [-0.39, 0.29) is 80.8 Å². The van der Waals surface area contributed by atoms with E-state index in [9.17, 15) is 42.3 Å². The summed E-state index contributed by atoms with van der Waals surface area (Å²) in [4.78, 5) is 56.6. The number of benzene rings is 2. The summed E-state index contributed by atoms with van der Waals surface area (Å²) < 4.78 is 29.5. The molecule has 296 valence electrons. The van der Waals surface area contributed by atoms with Crippen LogP contribution in [0.4, 0.5) is 24.3 Å². The van der Waals surface area contributed by atoms with Crippen LogP contribution >= 0.6 is 15.9 Å². The molecule has 10 N–H and O–H groups in total. The maximum Gasteiger partial charge on any atom is 1.00 e. The minimum absolute atomic E-state index is 0. The molecule has 2 aromatic heterocycles. The first-order chi connectivity index (χ1) is 26.8. The second kappa shape index (κ2) is 22.4. The standard InChI is InChI=1S/C19H18N4O3.C13H12NO2.C6H6BrN3O.BF3.K/c1-23-10-9-19(26,18(23)25)8-7-12-3-2-4-13(11-12)15-6-5-14(20)16(22-15)17(21)24;1-14-10-9-13(16,12(14)15)8-7-11-5-3-2-4-6-11;7-4-2-1-3(8)5(10-4)6(9)11;2-1(3)4;/h2-6,11,26H,9-10,20H2,1H3,(H2,21,24);2-3,5-6,16H,9-10H2,1H3;1-2H,8H2,(H2,9,11);;/q;-1;;;+1/t19-;13-;;;/m00.../s1. The minimum Gasteiger partial charge on any atom is -0.397 e. The van der Waals surface area contributed by atoms with Crippen molar-refractivity contribution in [2.45, 2.75) is 24.0 Å². The second-order valence-electron chi connectivity index (χ2n) is 12.2. The van der Waals surface area contributed by atoms with Gasteiger partial charge in [0.05, 0.1) is 17.1 Å². The first kappa shape index (κ1) is 49.4. The summed E-state index contributed by atoms with van der Waals surface area (Å²) in [5.74, 6) is 8.93. The number of primary amides is 2. The van der Waals surface area contributed by atoms with Crippen LogP contribution in [-0.4, -0.2) is 99.5 Å². The molecule has 0 radical (unpaired) electrons. The number of nitrogens with zero attached hydrogens (tertiary/aromatic N) is 4. The maximum absolute atomic E-state index is 12.0. The van der Waals surface area contributed by atoms with Gasteiger partial charge in [0.2, 0.25) is 11.2 Å². The molecule has 4 amide bonds. The number of nitrogens with two attached hydrogens (primary N) is 4. The van der Waals surface area contributed by atoms with Crippen molar-refractivity contribution < 1.29 is 93.7 Å². The van der Waals surface area contributed by atoms with Crippen LogP contribution in [0.25, 0.3) is 11.3 Å². The van der Waals surface area contributed by atoms with Gasteiger partial charge in [0, 0.05) is 51.2 Å². The molecule has 2 fully saturated rings. The molecule has 2 atom stereocenters. The number of aromatic nitrogens is 2. The first-order valence-electron chi connectivity index (χ1n) is 16.6. The number of carbonyl (C=O) groups excluding carboxylic acids is 4. The van der Waals surface area contributed by atoms with Crippen LogP contribution in [-0.2, 0) is 9.59 Å². The molecule has 4 aromatic rings. The third-order valence-corrected chi connectivity index (χ3v) is 8.44. The van der Waals surface area contributed by atoms with Gasteiger partial charge in [-0.15, -0.1) is 5.92 Å². The smallest absolute Gasteiger partial charge is 0.397 e. The average molecular weight is 888 g/mol. The molecule has 0 spiro atoms. The first-order valence-corrected chi connectivity index (χ1v) is 17.3. The van der Waals surface area contributed by atoms with E-state index in [0.717, 1.165) is 5.56 Å². The van der Waals surface area contributed by atoms with Crippen molar-refractivity contribution >= 4 is 58.5 Å². The number of hydrogen-bond donors (Lipinski definition) is 6. The number of halogens is 4. The quantitative estimate of drug-likeness (QED) is 0.0649. The molecule has 58 heavy (non-hydrogen) atoms. The predicted molar refractivity (Wildman–Crippen MR) is 210 cm³/mol. The van der Waals surface area contributed by atoms with E-state index in [1.807, 2.05) is 12.1 Å². The topological polar surface area (TPSA) is 245 Å². The molecule has 2 aliphatic heterocycles. The number of aliphatic hydroxyl groups is 2. The summed E-state index contributed by atoms with van der Waals surface area (Å²) in [5, 5.41) is 20.4. The van der Waals surface area contributed by atoms with Gasteiger partial charge in [-0.2, -0.15) is 30.3 Å². The summed E-state index contributed by atoms with van der Waals surface area (Å²) >= 11 is 3.09. The van der Waals surface area contributed by atoms with Gasteiger partial charge in [0.1, 0.15) is 4.60 Å². The molecule has 2 aromatic carbocycles. The molecular weight excluding hydrogens is 851 g/mol. The molecular formula is C38H36BBrF3KN8O6. The van der Waals surface area contributed by atoms with E-state index in [1.54, 1.807) is 74.8 Å². The van der Waals surface area contributed by atoms with Crippen LogP contribution in [0.15, 0.2) is 77.4 Å². The molecule has 14 nitrogen and oxygen atoms in total. The average Bonchev–Trinajstić information content (AvgIpc) is 3.59. The van der Waals surface area contributed by atoms with Gasteiger partial charge in [-0.3, -0.25) is 32.1 Å². The van der Waals surface area contributed by atoms with Gasteiger partial charge in [0.15, 0.2) is 11.4 Å². The number of hydrogen-bond acceptors (Lipinski definition) is 10. The summed E-state index contributed by atoms with van der Waals surface area (Å²) in [7, 11) is -0.371. The third kappa shape index (κ3) is 14.3. The Morgan fingerprint density at radius 2 is 1.29 bits per heavy atom. The number of carbonyl (C=O) groups is 4. The van der Waals surface area contributed by atoms with Crippen LogP contribution in [0.5, 0.6) is 0 Å². The molecule has 0 bridgehead atoms. The van der Waals surface area contributed by atoms with Crippen molar-refractivity contribution in [2.75, 3.05) is 38.7 Å². The summed E-state index contributed by atoms with van der Waals surface area (Å²) in [6.45, 7) is 1.01. The van der Waals surface area contributed by atoms with Crippen molar-refractivity contribution in [2.24, 2.45) is 11.5 Å². The van der Waals surface area contributed by atoms with Crippen molar-refractivity contribution in [3.8, 4) is 34.9 Å². The number of likely N-dealkylation sites (tertiary alicyclic amines) is 2. The Morgan fingerprint density at radius 3 is 1.74 bits per heavy atom. The molecule has 4 heterocycles.